The summed E-state index contributed by atoms with van der Waals surface area (Å²) in [6.45, 7) is 5.80. The lowest BCUT2D eigenvalue weighted by atomic mass is 10.2. The molecule has 0 saturated carbocycles. The molecular weight excluding hydrogens is 314 g/mol. The second-order valence-corrected chi connectivity index (χ2v) is 6.21. The molecule has 23 heavy (non-hydrogen) atoms. The molecule has 0 aromatic carbocycles. The minimum absolute atomic E-state index is 0.366. The maximum absolute atomic E-state index is 11.3. The SMILES string of the molecule is CCOCCCn1c(S[C@@H](C)C(N)=O)nnc1-c1ccncc1. The van der Waals surface area contributed by atoms with Crippen molar-refractivity contribution in [3.63, 3.8) is 0 Å². The number of aromatic nitrogens is 4. The molecule has 1 atom stereocenters. The molecule has 0 unspecified atom stereocenters. The molecule has 0 saturated heterocycles. The number of carbonyl (C=O) groups is 1. The van der Waals surface area contributed by atoms with Crippen LogP contribution in [0.5, 0.6) is 0 Å². The van der Waals surface area contributed by atoms with Gasteiger partial charge in [-0.3, -0.25) is 9.78 Å². The number of primary amides is 1. The smallest absolute Gasteiger partial charge is 0.230 e. The number of amides is 1. The first-order valence-corrected chi connectivity index (χ1v) is 8.38. The first-order chi connectivity index (χ1) is 11.1. The Hall–Kier alpha value is -1.93. The van der Waals surface area contributed by atoms with E-state index >= 15 is 0 Å². The molecule has 1 amide bonds. The number of ether oxygens (including phenoxy) is 1. The highest BCUT2D eigenvalue weighted by Gasteiger charge is 2.19. The summed E-state index contributed by atoms with van der Waals surface area (Å²) in [6, 6.07) is 3.77. The minimum atomic E-state index is -0.371. The molecule has 0 fully saturated rings. The molecular formula is C15H21N5O2S. The third-order valence-corrected chi connectivity index (χ3v) is 4.31. The molecule has 2 N–H and O–H groups in total. The summed E-state index contributed by atoms with van der Waals surface area (Å²) < 4.78 is 7.39. The molecule has 0 aliphatic heterocycles. The fourth-order valence-corrected chi connectivity index (χ4v) is 2.80. The molecule has 0 aliphatic rings. The van der Waals surface area contributed by atoms with Gasteiger partial charge in [0, 0.05) is 37.7 Å². The van der Waals surface area contributed by atoms with Gasteiger partial charge in [0.1, 0.15) is 0 Å². The van der Waals surface area contributed by atoms with Crippen LogP contribution in [0, 0.1) is 0 Å². The topological polar surface area (TPSA) is 95.9 Å². The zero-order valence-corrected chi connectivity index (χ0v) is 14.1. The molecule has 0 radical (unpaired) electrons. The van der Waals surface area contributed by atoms with Crippen LogP contribution >= 0.6 is 11.8 Å². The van der Waals surface area contributed by atoms with Crippen molar-refractivity contribution < 1.29 is 9.53 Å². The van der Waals surface area contributed by atoms with Crippen molar-refractivity contribution in [1.29, 1.82) is 0 Å². The summed E-state index contributed by atoms with van der Waals surface area (Å²) in [4.78, 5) is 15.3. The zero-order valence-electron chi connectivity index (χ0n) is 13.3. The molecule has 2 heterocycles. The summed E-state index contributed by atoms with van der Waals surface area (Å²) in [5, 5.41) is 8.80. The van der Waals surface area contributed by atoms with E-state index in [1.54, 1.807) is 19.3 Å². The van der Waals surface area contributed by atoms with E-state index in [1.807, 2.05) is 23.6 Å². The molecule has 7 nitrogen and oxygen atoms in total. The molecule has 2 aromatic heterocycles. The Labute approximate surface area is 139 Å². The minimum Gasteiger partial charge on any atom is -0.382 e. The summed E-state index contributed by atoms with van der Waals surface area (Å²) in [6.07, 6.45) is 4.27. The zero-order chi connectivity index (χ0) is 16.7. The number of pyridine rings is 1. The predicted octanol–water partition coefficient (Wildman–Crippen LogP) is 1.73. The van der Waals surface area contributed by atoms with E-state index in [0.29, 0.717) is 24.9 Å². The highest BCUT2D eigenvalue weighted by atomic mass is 32.2. The summed E-state index contributed by atoms with van der Waals surface area (Å²) in [5.74, 6) is 0.382. The Bertz CT molecular complexity index is 632. The monoisotopic (exact) mass is 335 g/mol. The average Bonchev–Trinajstić information content (AvgIpc) is 2.95. The van der Waals surface area contributed by atoms with Crippen LogP contribution in [0.3, 0.4) is 0 Å². The van der Waals surface area contributed by atoms with Crippen molar-refractivity contribution in [2.45, 2.75) is 37.2 Å². The van der Waals surface area contributed by atoms with E-state index in [9.17, 15) is 4.79 Å². The van der Waals surface area contributed by atoms with Crippen LogP contribution in [0.2, 0.25) is 0 Å². The lowest BCUT2D eigenvalue weighted by Crippen LogP contribution is -2.23. The predicted molar refractivity (Wildman–Crippen MR) is 88.9 cm³/mol. The van der Waals surface area contributed by atoms with Crippen molar-refractivity contribution in [3.8, 4) is 11.4 Å². The maximum atomic E-state index is 11.3. The second-order valence-electron chi connectivity index (χ2n) is 4.91. The second kappa shape index (κ2) is 8.64. The van der Waals surface area contributed by atoms with Gasteiger partial charge >= 0.3 is 0 Å². The maximum Gasteiger partial charge on any atom is 0.230 e. The van der Waals surface area contributed by atoms with Crippen molar-refractivity contribution in [2.24, 2.45) is 5.73 Å². The van der Waals surface area contributed by atoms with Crippen LogP contribution in [0.15, 0.2) is 29.7 Å². The van der Waals surface area contributed by atoms with Crippen molar-refractivity contribution in [2.75, 3.05) is 13.2 Å². The first-order valence-electron chi connectivity index (χ1n) is 7.50. The van der Waals surface area contributed by atoms with E-state index in [4.69, 9.17) is 10.5 Å². The highest BCUT2D eigenvalue weighted by molar-refractivity contribution is 8.00. The van der Waals surface area contributed by atoms with Crippen LogP contribution in [0.25, 0.3) is 11.4 Å². The Morgan fingerprint density at radius 3 is 2.78 bits per heavy atom. The Morgan fingerprint density at radius 1 is 1.39 bits per heavy atom. The lowest BCUT2D eigenvalue weighted by molar-refractivity contribution is -0.117. The Balaban J connectivity index is 2.24. The third-order valence-electron chi connectivity index (χ3n) is 3.21. The van der Waals surface area contributed by atoms with Gasteiger partial charge in [0.05, 0.1) is 5.25 Å². The standard InChI is InChI=1S/C15H21N5O2S/c1-3-22-10-4-9-20-14(12-5-7-17-8-6-12)18-19-15(20)23-11(2)13(16)21/h5-8,11H,3-4,9-10H2,1-2H3,(H2,16,21)/t11-/m0/s1. The van der Waals surface area contributed by atoms with E-state index in [-0.39, 0.29) is 11.2 Å². The Kier molecular flexibility index (Phi) is 6.54. The third kappa shape index (κ3) is 4.77. The number of hydrogen-bond donors (Lipinski definition) is 1. The molecule has 2 aromatic rings. The summed E-state index contributed by atoms with van der Waals surface area (Å²) in [7, 11) is 0. The van der Waals surface area contributed by atoms with Crippen LogP contribution < -0.4 is 5.73 Å². The van der Waals surface area contributed by atoms with Gasteiger partial charge < -0.3 is 15.0 Å². The quantitative estimate of drug-likeness (QED) is 0.554. The van der Waals surface area contributed by atoms with Crippen LogP contribution in [-0.4, -0.2) is 44.1 Å². The van der Waals surface area contributed by atoms with E-state index in [0.717, 1.165) is 17.8 Å². The van der Waals surface area contributed by atoms with Gasteiger partial charge in [0.25, 0.3) is 0 Å². The van der Waals surface area contributed by atoms with Gasteiger partial charge in [0.15, 0.2) is 11.0 Å². The first kappa shape index (κ1) is 17.4. The van der Waals surface area contributed by atoms with Gasteiger partial charge in [0.2, 0.25) is 5.91 Å². The number of hydrogen-bond acceptors (Lipinski definition) is 6. The normalized spacial score (nSPS) is 12.3. The fourth-order valence-electron chi connectivity index (χ4n) is 1.98. The van der Waals surface area contributed by atoms with Crippen molar-refractivity contribution >= 4 is 17.7 Å². The van der Waals surface area contributed by atoms with Gasteiger partial charge in [-0.15, -0.1) is 10.2 Å². The van der Waals surface area contributed by atoms with E-state index in [1.165, 1.54) is 11.8 Å². The van der Waals surface area contributed by atoms with E-state index < -0.39 is 0 Å². The average molecular weight is 335 g/mol. The number of nitrogens with zero attached hydrogens (tertiary/aromatic N) is 4. The number of thioether (sulfide) groups is 1. The number of nitrogens with two attached hydrogens (primary N) is 1. The van der Waals surface area contributed by atoms with Crippen LogP contribution in [-0.2, 0) is 16.1 Å². The van der Waals surface area contributed by atoms with Gasteiger partial charge in [-0.2, -0.15) is 0 Å². The van der Waals surface area contributed by atoms with Crippen LogP contribution in [0.1, 0.15) is 20.3 Å². The van der Waals surface area contributed by atoms with Crippen LogP contribution in [0.4, 0.5) is 0 Å². The molecule has 8 heteroatoms. The lowest BCUT2D eigenvalue weighted by Gasteiger charge is -2.12. The molecule has 2 rings (SSSR count). The van der Waals surface area contributed by atoms with Crippen molar-refractivity contribution in [3.05, 3.63) is 24.5 Å². The van der Waals surface area contributed by atoms with Gasteiger partial charge in [-0.1, -0.05) is 11.8 Å². The molecule has 124 valence electrons. The molecule has 0 aliphatic carbocycles. The van der Waals surface area contributed by atoms with Gasteiger partial charge in [-0.05, 0) is 32.4 Å². The molecule has 0 spiro atoms. The fraction of sp³-hybridized carbons (Fsp3) is 0.467. The number of rotatable bonds is 9. The molecule has 0 bridgehead atoms. The summed E-state index contributed by atoms with van der Waals surface area (Å²) >= 11 is 1.32. The van der Waals surface area contributed by atoms with Crippen molar-refractivity contribution in [1.82, 2.24) is 19.7 Å². The highest BCUT2D eigenvalue weighted by Crippen LogP contribution is 2.26. The number of carbonyl (C=O) groups excluding carboxylic acids is 1. The van der Waals surface area contributed by atoms with Gasteiger partial charge in [-0.25, -0.2) is 0 Å². The summed E-state index contributed by atoms with van der Waals surface area (Å²) in [5.41, 5.74) is 6.28. The van der Waals surface area contributed by atoms with E-state index in [2.05, 4.69) is 15.2 Å². The largest absolute Gasteiger partial charge is 0.382 e. The Morgan fingerprint density at radius 2 is 2.13 bits per heavy atom.